The Kier molecular flexibility index (Phi) is 4.28. The Hall–Kier alpha value is -0.810. The Morgan fingerprint density at radius 3 is 2.56 bits per heavy atom. The number of hydrogen-bond acceptors (Lipinski definition) is 4. The maximum absolute atomic E-state index is 12.2. The monoisotopic (exact) mass is 259 g/mol. The number of rotatable bonds is 2. The third-order valence-electron chi connectivity index (χ3n) is 2.78. The van der Waals surface area contributed by atoms with Crippen molar-refractivity contribution in [2.75, 3.05) is 6.61 Å². The van der Waals surface area contributed by atoms with Gasteiger partial charge in [-0.05, 0) is 48.0 Å². The zero-order chi connectivity index (χ0) is 14.1. The van der Waals surface area contributed by atoms with E-state index in [4.69, 9.17) is 9.47 Å². The van der Waals surface area contributed by atoms with Gasteiger partial charge in [0.1, 0.15) is 11.3 Å². The highest BCUT2D eigenvalue weighted by molar-refractivity contribution is 5.69. The molecule has 1 unspecified atom stereocenters. The Morgan fingerprint density at radius 2 is 2.11 bits per heavy atom. The first-order chi connectivity index (χ1) is 8.03. The summed E-state index contributed by atoms with van der Waals surface area (Å²) in [7, 11) is 0. The lowest BCUT2D eigenvalue weighted by atomic mass is 10.1. The molecule has 1 fully saturated rings. The van der Waals surface area contributed by atoms with Gasteiger partial charge in [-0.25, -0.2) is 4.79 Å². The highest BCUT2D eigenvalue weighted by atomic mass is 16.6. The van der Waals surface area contributed by atoms with Gasteiger partial charge in [-0.15, -0.1) is 0 Å². The third kappa shape index (κ3) is 3.85. The second-order valence-electron chi connectivity index (χ2n) is 6.35. The summed E-state index contributed by atoms with van der Waals surface area (Å²) < 4.78 is 11.0. The molecule has 2 atom stereocenters. The molecular formula is C13H25NO4. The molecule has 0 bridgehead atoms. The molecule has 1 amide bonds. The minimum atomic E-state index is -0.693. The number of aliphatic hydroxyl groups excluding tert-OH is 1. The number of nitrogens with zero attached hydrogens (tertiary/aromatic N) is 1. The van der Waals surface area contributed by atoms with Crippen LogP contribution in [0.15, 0.2) is 0 Å². The maximum Gasteiger partial charge on any atom is 0.412 e. The number of amides is 1. The van der Waals surface area contributed by atoms with E-state index in [1.165, 1.54) is 0 Å². The van der Waals surface area contributed by atoms with Gasteiger partial charge in [0.15, 0.2) is 0 Å². The molecule has 1 aliphatic heterocycles. The van der Waals surface area contributed by atoms with Crippen LogP contribution in [0.3, 0.4) is 0 Å². The van der Waals surface area contributed by atoms with Crippen molar-refractivity contribution in [3.63, 3.8) is 0 Å². The maximum atomic E-state index is 12.2. The molecule has 106 valence electrons. The van der Waals surface area contributed by atoms with Crippen LogP contribution in [0.25, 0.3) is 0 Å². The molecule has 0 aromatic carbocycles. The van der Waals surface area contributed by atoms with E-state index in [-0.39, 0.29) is 6.04 Å². The zero-order valence-electron chi connectivity index (χ0n) is 12.2. The smallest absolute Gasteiger partial charge is 0.412 e. The van der Waals surface area contributed by atoms with Gasteiger partial charge in [-0.3, -0.25) is 4.90 Å². The summed E-state index contributed by atoms with van der Waals surface area (Å²) in [5.41, 5.74) is -1.23. The summed E-state index contributed by atoms with van der Waals surface area (Å²) in [6.45, 7) is 11.3. The van der Waals surface area contributed by atoms with E-state index in [1.54, 1.807) is 11.8 Å². The zero-order valence-corrected chi connectivity index (χ0v) is 12.2. The van der Waals surface area contributed by atoms with E-state index < -0.39 is 23.5 Å². The average Bonchev–Trinajstić information content (AvgIpc) is 2.36. The molecule has 1 aliphatic rings. The third-order valence-corrected chi connectivity index (χ3v) is 2.78. The van der Waals surface area contributed by atoms with E-state index in [1.807, 2.05) is 34.6 Å². The Bertz CT molecular complexity index is 307. The van der Waals surface area contributed by atoms with Crippen molar-refractivity contribution in [1.82, 2.24) is 4.90 Å². The van der Waals surface area contributed by atoms with Gasteiger partial charge in [-0.1, -0.05) is 0 Å². The van der Waals surface area contributed by atoms with E-state index >= 15 is 0 Å². The van der Waals surface area contributed by atoms with E-state index in [2.05, 4.69) is 0 Å². The van der Waals surface area contributed by atoms with Gasteiger partial charge in [0.2, 0.25) is 0 Å². The Labute approximate surface area is 109 Å². The molecule has 0 saturated carbocycles. The minimum absolute atomic E-state index is 0.144. The van der Waals surface area contributed by atoms with E-state index in [0.717, 1.165) is 0 Å². The highest BCUT2D eigenvalue weighted by Gasteiger charge is 2.45. The lowest BCUT2D eigenvalue weighted by Crippen LogP contribution is -2.50. The lowest BCUT2D eigenvalue weighted by molar-refractivity contribution is -0.0635. The first kappa shape index (κ1) is 15.2. The fourth-order valence-corrected chi connectivity index (χ4v) is 2.13. The molecule has 1 N–H and O–H groups in total. The number of aliphatic hydroxyl groups is 1. The number of carbonyl (C=O) groups is 1. The van der Waals surface area contributed by atoms with Gasteiger partial charge in [0.05, 0.1) is 18.8 Å². The molecule has 0 radical (unpaired) electrons. The van der Waals surface area contributed by atoms with Crippen molar-refractivity contribution < 1.29 is 19.4 Å². The standard InChI is InChI=1S/C13H25NO4/c1-9(15)7-10-8-17-13(5,6)14(10)11(16)18-12(2,3)4/h9-10,15H,7-8H2,1-6H3/t9-,10?/m0/s1. The fourth-order valence-electron chi connectivity index (χ4n) is 2.13. The second kappa shape index (κ2) is 5.05. The van der Waals surface area contributed by atoms with Crippen molar-refractivity contribution in [1.29, 1.82) is 0 Å². The molecule has 18 heavy (non-hydrogen) atoms. The average molecular weight is 259 g/mol. The van der Waals surface area contributed by atoms with Gasteiger partial charge in [0, 0.05) is 0 Å². The van der Waals surface area contributed by atoms with Crippen LogP contribution >= 0.6 is 0 Å². The van der Waals surface area contributed by atoms with Crippen LogP contribution in [0.4, 0.5) is 4.79 Å². The normalized spacial score (nSPS) is 25.1. The number of carbonyl (C=O) groups excluding carboxylic acids is 1. The van der Waals surface area contributed by atoms with Crippen LogP contribution in [0.2, 0.25) is 0 Å². The second-order valence-corrected chi connectivity index (χ2v) is 6.35. The number of hydrogen-bond donors (Lipinski definition) is 1. The lowest BCUT2D eigenvalue weighted by Gasteiger charge is -2.35. The SMILES string of the molecule is C[C@H](O)CC1COC(C)(C)N1C(=O)OC(C)(C)C. The van der Waals surface area contributed by atoms with Crippen molar-refractivity contribution in [3.05, 3.63) is 0 Å². The highest BCUT2D eigenvalue weighted by Crippen LogP contribution is 2.31. The molecule has 5 nitrogen and oxygen atoms in total. The molecule has 0 aromatic rings. The molecule has 1 heterocycles. The van der Waals surface area contributed by atoms with E-state index in [0.29, 0.717) is 13.0 Å². The molecule has 5 heteroatoms. The van der Waals surface area contributed by atoms with Gasteiger partial charge in [-0.2, -0.15) is 0 Å². The van der Waals surface area contributed by atoms with Crippen LogP contribution in [0.1, 0.15) is 48.0 Å². The largest absolute Gasteiger partial charge is 0.444 e. The fraction of sp³-hybridized carbons (Fsp3) is 0.923. The van der Waals surface area contributed by atoms with Crippen LogP contribution < -0.4 is 0 Å². The van der Waals surface area contributed by atoms with Crippen molar-refractivity contribution in [2.45, 2.75) is 71.4 Å². The molecule has 0 aromatic heterocycles. The summed E-state index contributed by atoms with van der Waals surface area (Å²) in [4.78, 5) is 13.8. The summed E-state index contributed by atoms with van der Waals surface area (Å²) in [5.74, 6) is 0. The van der Waals surface area contributed by atoms with Crippen molar-refractivity contribution >= 4 is 6.09 Å². The van der Waals surface area contributed by atoms with Gasteiger partial charge in [0.25, 0.3) is 0 Å². The summed E-state index contributed by atoms with van der Waals surface area (Å²) >= 11 is 0. The first-order valence-corrected chi connectivity index (χ1v) is 6.37. The van der Waals surface area contributed by atoms with Crippen LogP contribution in [0, 0.1) is 0 Å². The summed E-state index contributed by atoms with van der Waals surface area (Å²) in [5, 5.41) is 9.48. The molecule has 0 spiro atoms. The first-order valence-electron chi connectivity index (χ1n) is 6.37. The van der Waals surface area contributed by atoms with Crippen molar-refractivity contribution in [2.24, 2.45) is 0 Å². The van der Waals surface area contributed by atoms with Crippen molar-refractivity contribution in [3.8, 4) is 0 Å². The predicted molar refractivity (Wildman–Crippen MR) is 68.2 cm³/mol. The van der Waals surface area contributed by atoms with E-state index in [9.17, 15) is 9.90 Å². The Morgan fingerprint density at radius 1 is 1.56 bits per heavy atom. The summed E-state index contributed by atoms with van der Waals surface area (Å²) in [6, 6.07) is -0.144. The quantitative estimate of drug-likeness (QED) is 0.825. The topological polar surface area (TPSA) is 59.0 Å². The number of ether oxygens (including phenoxy) is 2. The van der Waals surface area contributed by atoms with Gasteiger partial charge >= 0.3 is 6.09 Å². The Balaban J connectivity index is 2.82. The van der Waals surface area contributed by atoms with Crippen LogP contribution in [0.5, 0.6) is 0 Å². The molecular weight excluding hydrogens is 234 g/mol. The van der Waals surface area contributed by atoms with Gasteiger partial charge < -0.3 is 14.6 Å². The van der Waals surface area contributed by atoms with Crippen LogP contribution in [-0.4, -0.2) is 46.2 Å². The molecule has 1 saturated heterocycles. The van der Waals surface area contributed by atoms with Crippen LogP contribution in [-0.2, 0) is 9.47 Å². The molecule has 1 rings (SSSR count). The predicted octanol–water partition coefficient (Wildman–Crippen LogP) is 2.13. The minimum Gasteiger partial charge on any atom is -0.444 e. The summed E-state index contributed by atoms with van der Waals surface area (Å²) in [6.07, 6.45) is -0.379. The molecule has 0 aliphatic carbocycles.